The normalized spacial score (nSPS) is 13.7. The molecule has 0 radical (unpaired) electrons. The zero-order valence-electron chi connectivity index (χ0n) is 53.3. The fourth-order valence-electron chi connectivity index (χ4n) is 14.0. The van der Waals surface area contributed by atoms with Crippen molar-refractivity contribution in [3.8, 4) is 44.8 Å². The topological polar surface area (TPSA) is 9.86 Å². The predicted octanol–water partition coefficient (Wildman–Crippen LogP) is 24.2. The summed E-state index contributed by atoms with van der Waals surface area (Å²) in [5.74, 6) is 0. The molecule has 0 amide bonds. The maximum Gasteiger partial charge on any atom is 0.0541 e. The van der Waals surface area contributed by atoms with Crippen molar-refractivity contribution in [1.29, 1.82) is 0 Å². The van der Waals surface area contributed by atoms with E-state index in [0.29, 0.717) is 0 Å². The van der Waals surface area contributed by atoms with Gasteiger partial charge >= 0.3 is 0 Å². The molecule has 0 unspecified atom stereocenters. The highest BCUT2D eigenvalue weighted by Crippen LogP contribution is 2.56. The van der Waals surface area contributed by atoms with Gasteiger partial charge in [0.25, 0.3) is 0 Å². The Balaban J connectivity index is 0.986. The molecule has 2 heteroatoms. The molecule has 0 N–H and O–H groups in total. The highest BCUT2D eigenvalue weighted by Gasteiger charge is 2.43. The van der Waals surface area contributed by atoms with Crippen LogP contribution in [0.4, 0.5) is 0 Å². The van der Waals surface area contributed by atoms with Crippen molar-refractivity contribution < 1.29 is 0 Å². The number of benzene rings is 8. The molecule has 430 valence electrons. The summed E-state index contributed by atoms with van der Waals surface area (Å²) < 4.78 is 5.00. The average Bonchev–Trinajstić information content (AvgIpc) is 2.58. The molecule has 2 nitrogen and oxygen atoms in total. The van der Waals surface area contributed by atoms with Crippen molar-refractivity contribution in [3.63, 3.8) is 0 Å². The van der Waals surface area contributed by atoms with Gasteiger partial charge in [-0.1, -0.05) is 247 Å². The summed E-state index contributed by atoms with van der Waals surface area (Å²) in [5, 5.41) is 5.32. The molecule has 0 fully saturated rings. The molecule has 1 aliphatic carbocycles. The summed E-state index contributed by atoms with van der Waals surface area (Å²) in [6, 6.07) is 62.8. The van der Waals surface area contributed by atoms with Crippen LogP contribution in [-0.4, -0.2) is 9.13 Å². The first-order valence-corrected chi connectivity index (χ1v) is 32.3. The van der Waals surface area contributed by atoms with Crippen LogP contribution in [0.1, 0.15) is 220 Å². The molecule has 1 aliphatic rings. The molecule has 0 atom stereocenters. The zero-order valence-corrected chi connectivity index (χ0v) is 53.3. The number of aromatic nitrogens is 2. The first-order chi connectivity index (χ1) is 39.6. The van der Waals surface area contributed by atoms with Crippen molar-refractivity contribution in [2.24, 2.45) is 0 Å². The van der Waals surface area contributed by atoms with E-state index < -0.39 is 0 Å². The second-order valence-electron chi connectivity index (χ2n) is 29.3. The number of rotatable bonds is 18. The average molecular weight is 1100 g/mol. The predicted molar refractivity (Wildman–Crippen MR) is 363 cm³/mol. The lowest BCUT2D eigenvalue weighted by atomic mass is 9.70. The molecule has 83 heavy (non-hydrogen) atoms. The lowest BCUT2D eigenvalue weighted by molar-refractivity contribution is 0.398. The highest BCUT2D eigenvalue weighted by molar-refractivity contribution is 6.11. The lowest BCUT2D eigenvalue weighted by Gasteiger charge is -2.33. The van der Waals surface area contributed by atoms with Gasteiger partial charge < -0.3 is 9.13 Å². The van der Waals surface area contributed by atoms with Crippen molar-refractivity contribution in [3.05, 3.63) is 191 Å². The molecule has 0 spiro atoms. The molecule has 2 heterocycles. The summed E-state index contributed by atoms with van der Waals surface area (Å²) in [5.41, 5.74) is 24.3. The Morgan fingerprint density at radius 3 is 0.855 bits per heavy atom. The smallest absolute Gasteiger partial charge is 0.0541 e. The number of fused-ring (bicyclic) bond motifs is 9. The monoisotopic (exact) mass is 1100 g/mol. The zero-order chi connectivity index (χ0) is 58.6. The molecule has 0 aliphatic heterocycles. The van der Waals surface area contributed by atoms with Crippen LogP contribution in [0.3, 0.4) is 0 Å². The minimum atomic E-state index is -0.0618. The number of nitrogens with zero attached hydrogens (tertiary/aromatic N) is 2. The third-order valence-corrected chi connectivity index (χ3v) is 19.2. The summed E-state index contributed by atoms with van der Waals surface area (Å²) >= 11 is 0. The quantitative estimate of drug-likeness (QED) is 0.0758. The molecule has 8 aromatic carbocycles. The van der Waals surface area contributed by atoms with Gasteiger partial charge in [0, 0.05) is 38.3 Å². The maximum atomic E-state index is 2.64. The van der Waals surface area contributed by atoms with E-state index in [2.05, 4.69) is 264 Å². The largest absolute Gasteiger partial charge is 0.309 e. The standard InChI is InChI=1S/C81H96N2/c1-15-17-19-21-23-25-47-81(48-26-24-22-20-18-16-2)71-49-57(55-27-37-63(38-28-55)82-73-43-33-59(77(3,4)5)51-67(73)68-52-60(78(6,7)8)34-44-74(68)82)31-41-65(71)66-42-32-58(50-72(66)81)56-29-39-64(40-30-56)83-75-45-35-61(79(9,10)11)53-69(75)70-54-62(80(12,13)14)36-46-76(70)83/h27-46,49-54H,15-26,47-48H2,1-14H3. The van der Waals surface area contributed by atoms with Gasteiger partial charge in [-0.2, -0.15) is 0 Å². The van der Waals surface area contributed by atoms with Gasteiger partial charge in [-0.3, -0.25) is 0 Å². The molecule has 0 saturated carbocycles. The van der Waals surface area contributed by atoms with Gasteiger partial charge in [-0.25, -0.2) is 0 Å². The summed E-state index contributed by atoms with van der Waals surface area (Å²) in [6.07, 6.45) is 18.0. The number of hydrogen-bond acceptors (Lipinski definition) is 0. The van der Waals surface area contributed by atoms with E-state index in [1.54, 1.807) is 11.1 Å². The molecule has 11 rings (SSSR count). The van der Waals surface area contributed by atoms with Crippen LogP contribution in [0, 0.1) is 0 Å². The van der Waals surface area contributed by atoms with Gasteiger partial charge in [0.15, 0.2) is 0 Å². The van der Waals surface area contributed by atoms with Crippen LogP contribution in [0.2, 0.25) is 0 Å². The third kappa shape index (κ3) is 11.3. The van der Waals surface area contributed by atoms with Crippen molar-refractivity contribution in [2.75, 3.05) is 0 Å². The van der Waals surface area contributed by atoms with Gasteiger partial charge in [0.05, 0.1) is 22.1 Å². The van der Waals surface area contributed by atoms with Crippen molar-refractivity contribution in [2.45, 2.75) is 214 Å². The van der Waals surface area contributed by atoms with Crippen molar-refractivity contribution >= 4 is 43.6 Å². The van der Waals surface area contributed by atoms with Crippen LogP contribution < -0.4 is 0 Å². The SMILES string of the molecule is CCCCCCCCC1(CCCCCCCC)c2cc(-c3ccc(-n4c5ccc(C(C)(C)C)cc5c5cc(C(C)(C)C)ccc54)cc3)ccc2-c2ccc(-c3ccc(-n4c5ccc(C(C)(C)C)cc5c5cc(C(C)(C)C)ccc54)cc3)cc21. The van der Waals surface area contributed by atoms with E-state index in [1.165, 1.54) is 201 Å². The molecular formula is C81H96N2. The van der Waals surface area contributed by atoms with E-state index >= 15 is 0 Å². The van der Waals surface area contributed by atoms with Gasteiger partial charge in [-0.05, 0) is 186 Å². The molecule has 0 saturated heterocycles. The maximum absolute atomic E-state index is 2.64. The Bertz CT molecular complexity index is 3550. The van der Waals surface area contributed by atoms with E-state index in [0.717, 1.165) is 0 Å². The summed E-state index contributed by atoms with van der Waals surface area (Å²) in [4.78, 5) is 0. The van der Waals surface area contributed by atoms with Crippen LogP contribution in [0.15, 0.2) is 158 Å². The minimum absolute atomic E-state index is 0.0594. The number of unbranched alkanes of at least 4 members (excludes halogenated alkanes) is 10. The van der Waals surface area contributed by atoms with E-state index in [9.17, 15) is 0 Å². The van der Waals surface area contributed by atoms with Crippen LogP contribution in [-0.2, 0) is 27.1 Å². The Morgan fingerprint density at radius 1 is 0.289 bits per heavy atom. The summed E-state index contributed by atoms with van der Waals surface area (Å²) in [7, 11) is 0. The lowest BCUT2D eigenvalue weighted by Crippen LogP contribution is -2.25. The fourth-order valence-corrected chi connectivity index (χ4v) is 14.0. The number of hydrogen-bond donors (Lipinski definition) is 0. The highest BCUT2D eigenvalue weighted by atomic mass is 15.0. The van der Waals surface area contributed by atoms with E-state index in [1.807, 2.05) is 0 Å². The minimum Gasteiger partial charge on any atom is -0.309 e. The molecule has 2 aromatic heterocycles. The van der Waals surface area contributed by atoms with Crippen LogP contribution in [0.25, 0.3) is 88.4 Å². The first-order valence-electron chi connectivity index (χ1n) is 32.3. The van der Waals surface area contributed by atoms with E-state index in [-0.39, 0.29) is 27.1 Å². The van der Waals surface area contributed by atoms with Crippen LogP contribution >= 0.6 is 0 Å². The van der Waals surface area contributed by atoms with Gasteiger partial charge in [-0.15, -0.1) is 0 Å². The first kappa shape index (κ1) is 58.1. The fraction of sp³-hybridized carbons (Fsp3) is 0.407. The second-order valence-corrected chi connectivity index (χ2v) is 29.3. The molecular weight excluding hydrogens is 1000 g/mol. The van der Waals surface area contributed by atoms with Gasteiger partial charge in [0.1, 0.15) is 0 Å². The van der Waals surface area contributed by atoms with Gasteiger partial charge in [0.2, 0.25) is 0 Å². The second kappa shape index (κ2) is 22.7. The van der Waals surface area contributed by atoms with Crippen LogP contribution in [0.5, 0.6) is 0 Å². The Kier molecular flexibility index (Phi) is 15.9. The van der Waals surface area contributed by atoms with Crippen molar-refractivity contribution in [1.82, 2.24) is 9.13 Å². The Hall–Kier alpha value is -6.64. The Morgan fingerprint density at radius 2 is 0.566 bits per heavy atom. The third-order valence-electron chi connectivity index (χ3n) is 19.2. The summed E-state index contributed by atoms with van der Waals surface area (Å²) in [6.45, 7) is 32.6. The molecule has 10 aromatic rings. The molecule has 0 bridgehead atoms. The van der Waals surface area contributed by atoms with E-state index in [4.69, 9.17) is 0 Å². The Labute approximate surface area is 499 Å².